The molecule has 2 amide bonds. The summed E-state index contributed by atoms with van der Waals surface area (Å²) in [5.74, 6) is -0.00969. The third kappa shape index (κ3) is 3.56. The number of carbonyl (C=O) groups is 2. The Bertz CT molecular complexity index is 553. The Morgan fingerprint density at radius 1 is 1.33 bits per heavy atom. The quantitative estimate of drug-likeness (QED) is 0.924. The van der Waals surface area contributed by atoms with E-state index >= 15 is 0 Å². The third-order valence-electron chi connectivity index (χ3n) is 4.04. The molecule has 0 spiro atoms. The minimum atomic E-state index is -0.0826. The standard InChI is InChI=1S/C16H21ClN2O2/c1-10(2)19(3)16(21)12-7-8-13(17)14(9-12)18-15(20)11-5-4-6-11/h7-11H,4-6H2,1-3H3,(H,18,20). The highest BCUT2D eigenvalue weighted by atomic mass is 35.5. The number of halogens is 1. The van der Waals surface area contributed by atoms with Crippen LogP contribution in [-0.2, 0) is 4.79 Å². The first kappa shape index (κ1) is 15.8. The number of hydrogen-bond acceptors (Lipinski definition) is 2. The fraction of sp³-hybridized carbons (Fsp3) is 0.500. The first-order chi connectivity index (χ1) is 9.90. The summed E-state index contributed by atoms with van der Waals surface area (Å²) in [6, 6.07) is 5.10. The lowest BCUT2D eigenvalue weighted by molar-refractivity contribution is -0.122. The van der Waals surface area contributed by atoms with Crippen molar-refractivity contribution in [2.45, 2.75) is 39.2 Å². The number of benzene rings is 1. The van der Waals surface area contributed by atoms with E-state index in [4.69, 9.17) is 11.6 Å². The van der Waals surface area contributed by atoms with Crippen molar-refractivity contribution >= 4 is 29.1 Å². The molecule has 0 unspecified atom stereocenters. The molecule has 0 atom stereocenters. The Labute approximate surface area is 130 Å². The van der Waals surface area contributed by atoms with Crippen LogP contribution >= 0.6 is 11.6 Å². The van der Waals surface area contributed by atoms with Gasteiger partial charge in [0.1, 0.15) is 0 Å². The van der Waals surface area contributed by atoms with Gasteiger partial charge in [-0.25, -0.2) is 0 Å². The molecule has 0 aromatic heterocycles. The minimum Gasteiger partial charge on any atom is -0.339 e. The molecule has 0 heterocycles. The van der Waals surface area contributed by atoms with Gasteiger partial charge in [0.05, 0.1) is 10.7 Å². The normalized spacial score (nSPS) is 14.7. The molecule has 1 N–H and O–H groups in total. The molecule has 1 saturated carbocycles. The molecule has 1 aromatic carbocycles. The molecule has 21 heavy (non-hydrogen) atoms. The Morgan fingerprint density at radius 3 is 2.52 bits per heavy atom. The highest BCUT2D eigenvalue weighted by molar-refractivity contribution is 6.33. The third-order valence-corrected chi connectivity index (χ3v) is 4.37. The second-order valence-corrected chi connectivity index (χ2v) is 6.23. The smallest absolute Gasteiger partial charge is 0.253 e. The van der Waals surface area contributed by atoms with Gasteiger partial charge in [-0.05, 0) is 44.9 Å². The van der Waals surface area contributed by atoms with Crippen molar-refractivity contribution in [3.05, 3.63) is 28.8 Å². The summed E-state index contributed by atoms with van der Waals surface area (Å²) in [7, 11) is 1.76. The monoisotopic (exact) mass is 308 g/mol. The molecular weight excluding hydrogens is 288 g/mol. The van der Waals surface area contributed by atoms with Crippen LogP contribution in [0.1, 0.15) is 43.5 Å². The van der Waals surface area contributed by atoms with Gasteiger partial charge in [-0.15, -0.1) is 0 Å². The van der Waals surface area contributed by atoms with Crippen molar-refractivity contribution in [1.82, 2.24) is 4.90 Å². The number of amides is 2. The molecule has 0 saturated heterocycles. The van der Waals surface area contributed by atoms with E-state index in [1.807, 2.05) is 13.8 Å². The van der Waals surface area contributed by atoms with E-state index in [9.17, 15) is 9.59 Å². The van der Waals surface area contributed by atoms with Crippen molar-refractivity contribution in [3.63, 3.8) is 0 Å². The van der Waals surface area contributed by atoms with Gasteiger partial charge >= 0.3 is 0 Å². The molecule has 2 rings (SSSR count). The summed E-state index contributed by atoms with van der Waals surface area (Å²) < 4.78 is 0. The molecule has 114 valence electrons. The minimum absolute atomic E-state index is 0.00929. The second-order valence-electron chi connectivity index (χ2n) is 5.82. The van der Waals surface area contributed by atoms with Gasteiger partial charge in [-0.1, -0.05) is 18.0 Å². The maximum absolute atomic E-state index is 12.3. The Hall–Kier alpha value is -1.55. The van der Waals surface area contributed by atoms with Crippen LogP contribution in [0.3, 0.4) is 0 Å². The van der Waals surface area contributed by atoms with Gasteiger partial charge in [-0.2, -0.15) is 0 Å². The molecule has 5 heteroatoms. The van der Waals surface area contributed by atoms with Gasteiger partial charge in [0.15, 0.2) is 0 Å². The summed E-state index contributed by atoms with van der Waals surface area (Å²) in [4.78, 5) is 26.0. The summed E-state index contributed by atoms with van der Waals surface area (Å²) in [6.07, 6.45) is 2.96. The summed E-state index contributed by atoms with van der Waals surface area (Å²) >= 11 is 6.11. The van der Waals surface area contributed by atoms with Crippen molar-refractivity contribution in [2.24, 2.45) is 5.92 Å². The van der Waals surface area contributed by atoms with E-state index in [-0.39, 0.29) is 23.8 Å². The zero-order valence-corrected chi connectivity index (χ0v) is 13.4. The van der Waals surface area contributed by atoms with Crippen LogP contribution in [0.15, 0.2) is 18.2 Å². The van der Waals surface area contributed by atoms with Gasteiger partial charge < -0.3 is 10.2 Å². The predicted octanol–water partition coefficient (Wildman–Crippen LogP) is 3.56. The van der Waals surface area contributed by atoms with E-state index in [1.54, 1.807) is 30.1 Å². The number of hydrogen-bond donors (Lipinski definition) is 1. The van der Waals surface area contributed by atoms with E-state index in [0.29, 0.717) is 16.3 Å². The van der Waals surface area contributed by atoms with Crippen molar-refractivity contribution in [1.29, 1.82) is 0 Å². The predicted molar refractivity (Wildman–Crippen MR) is 84.7 cm³/mol. The van der Waals surface area contributed by atoms with Crippen molar-refractivity contribution in [3.8, 4) is 0 Å². The molecule has 1 fully saturated rings. The SMILES string of the molecule is CC(C)N(C)C(=O)c1ccc(Cl)c(NC(=O)C2CCC2)c1. The molecule has 0 bridgehead atoms. The fourth-order valence-corrected chi connectivity index (χ4v) is 2.26. The van der Waals surface area contributed by atoms with Crippen LogP contribution in [-0.4, -0.2) is 29.8 Å². The van der Waals surface area contributed by atoms with Crippen LogP contribution in [0.4, 0.5) is 5.69 Å². The summed E-state index contributed by atoms with van der Waals surface area (Å²) in [5.41, 5.74) is 1.04. The molecule has 1 aliphatic rings. The molecule has 4 nitrogen and oxygen atoms in total. The molecule has 1 aliphatic carbocycles. The van der Waals surface area contributed by atoms with Gasteiger partial charge in [-0.3, -0.25) is 9.59 Å². The first-order valence-corrected chi connectivity index (χ1v) is 7.65. The maximum atomic E-state index is 12.3. The number of nitrogens with zero attached hydrogens (tertiary/aromatic N) is 1. The Balaban J connectivity index is 2.16. The van der Waals surface area contributed by atoms with Gasteiger partial charge in [0.2, 0.25) is 5.91 Å². The molecule has 1 aromatic rings. The van der Waals surface area contributed by atoms with Crippen LogP contribution in [0, 0.1) is 5.92 Å². The highest BCUT2D eigenvalue weighted by Crippen LogP contribution is 2.30. The maximum Gasteiger partial charge on any atom is 0.253 e. The lowest BCUT2D eigenvalue weighted by Crippen LogP contribution is -2.33. The van der Waals surface area contributed by atoms with E-state index < -0.39 is 0 Å². The highest BCUT2D eigenvalue weighted by Gasteiger charge is 2.26. The number of anilines is 1. The zero-order valence-electron chi connectivity index (χ0n) is 12.6. The second kappa shape index (κ2) is 6.48. The lowest BCUT2D eigenvalue weighted by atomic mass is 9.85. The largest absolute Gasteiger partial charge is 0.339 e. The average molecular weight is 309 g/mol. The lowest BCUT2D eigenvalue weighted by Gasteiger charge is -2.25. The molecule has 0 radical (unpaired) electrons. The van der Waals surface area contributed by atoms with Crippen molar-refractivity contribution < 1.29 is 9.59 Å². The van der Waals surface area contributed by atoms with Gasteiger partial charge in [0, 0.05) is 24.6 Å². The average Bonchev–Trinajstić information content (AvgIpc) is 2.37. The Kier molecular flexibility index (Phi) is 4.88. The van der Waals surface area contributed by atoms with Crippen LogP contribution < -0.4 is 5.32 Å². The molecule has 0 aliphatic heterocycles. The topological polar surface area (TPSA) is 49.4 Å². The zero-order chi connectivity index (χ0) is 15.6. The summed E-state index contributed by atoms with van der Waals surface area (Å²) in [5, 5.41) is 3.28. The number of carbonyl (C=O) groups excluding carboxylic acids is 2. The Morgan fingerprint density at radius 2 is 2.00 bits per heavy atom. The van der Waals surface area contributed by atoms with Crippen LogP contribution in [0.5, 0.6) is 0 Å². The molecular formula is C16H21ClN2O2. The van der Waals surface area contributed by atoms with Crippen LogP contribution in [0.25, 0.3) is 0 Å². The van der Waals surface area contributed by atoms with Crippen LogP contribution in [0.2, 0.25) is 5.02 Å². The number of rotatable bonds is 4. The van der Waals surface area contributed by atoms with E-state index in [1.165, 1.54) is 0 Å². The number of nitrogens with one attached hydrogen (secondary N) is 1. The summed E-state index contributed by atoms with van der Waals surface area (Å²) in [6.45, 7) is 3.90. The van der Waals surface area contributed by atoms with Gasteiger partial charge in [0.25, 0.3) is 5.91 Å². The van der Waals surface area contributed by atoms with E-state index in [2.05, 4.69) is 5.32 Å². The van der Waals surface area contributed by atoms with E-state index in [0.717, 1.165) is 19.3 Å². The first-order valence-electron chi connectivity index (χ1n) is 7.27. The van der Waals surface area contributed by atoms with Crippen molar-refractivity contribution in [2.75, 3.05) is 12.4 Å². The fourth-order valence-electron chi connectivity index (χ4n) is 2.10.